The van der Waals surface area contributed by atoms with Gasteiger partial charge in [-0.05, 0) is 0 Å². The third-order valence-electron chi connectivity index (χ3n) is 1.33. The SMILES string of the molecule is O=C1OS(=O)(=O)OC12OS(=O)(=O)OC2=O. The normalized spacial score (nSPS) is 30.1. The van der Waals surface area contributed by atoms with E-state index < -0.39 is 38.5 Å². The molecular formula is C3O10S2. The smallest absolute Gasteiger partial charge is 0.318 e. The Kier molecular flexibility index (Phi) is 1.69. The van der Waals surface area contributed by atoms with Gasteiger partial charge in [-0.15, -0.1) is 0 Å². The van der Waals surface area contributed by atoms with Gasteiger partial charge in [0.25, 0.3) is 0 Å². The predicted octanol–water partition coefficient (Wildman–Crippen LogP) is -2.68. The van der Waals surface area contributed by atoms with Crippen molar-refractivity contribution in [3.63, 3.8) is 0 Å². The number of carbonyl (C=O) groups excluding carboxylic acids is 2. The van der Waals surface area contributed by atoms with Crippen LogP contribution in [0.2, 0.25) is 0 Å². The zero-order valence-corrected chi connectivity index (χ0v) is 8.03. The van der Waals surface area contributed by atoms with E-state index in [0.717, 1.165) is 0 Å². The van der Waals surface area contributed by atoms with Gasteiger partial charge in [0.1, 0.15) is 0 Å². The van der Waals surface area contributed by atoms with Crippen LogP contribution in [0.15, 0.2) is 0 Å². The molecule has 0 unspecified atom stereocenters. The first-order valence-electron chi connectivity index (χ1n) is 3.06. The molecule has 0 aromatic heterocycles. The van der Waals surface area contributed by atoms with Crippen LogP contribution in [0.25, 0.3) is 0 Å². The largest absolute Gasteiger partial charge is 0.455 e. The number of hydrogen-bond acceptors (Lipinski definition) is 10. The lowest BCUT2D eigenvalue weighted by molar-refractivity contribution is -0.176. The Hall–Kier alpha value is -1.24. The number of hydrogen-bond donors (Lipinski definition) is 0. The molecule has 12 heteroatoms. The minimum atomic E-state index is -4.81. The summed E-state index contributed by atoms with van der Waals surface area (Å²) in [5.74, 6) is -6.90. The summed E-state index contributed by atoms with van der Waals surface area (Å²) in [5.41, 5.74) is 0. The first-order chi connectivity index (χ1) is 6.67. The van der Waals surface area contributed by atoms with Gasteiger partial charge in [-0.25, -0.2) is 9.59 Å². The van der Waals surface area contributed by atoms with E-state index in [1.165, 1.54) is 0 Å². The van der Waals surface area contributed by atoms with Crippen LogP contribution in [0, 0.1) is 0 Å². The summed E-state index contributed by atoms with van der Waals surface area (Å²) in [7, 11) is -9.62. The summed E-state index contributed by atoms with van der Waals surface area (Å²) in [5, 5.41) is 0. The molecule has 0 radical (unpaired) electrons. The Morgan fingerprint density at radius 3 is 1.33 bits per heavy atom. The molecular weight excluding hydrogens is 260 g/mol. The van der Waals surface area contributed by atoms with E-state index in [0.29, 0.717) is 0 Å². The summed E-state index contributed by atoms with van der Waals surface area (Å²) in [6.45, 7) is 0. The highest BCUT2D eigenvalue weighted by molar-refractivity contribution is 7.84. The second kappa shape index (κ2) is 2.46. The van der Waals surface area contributed by atoms with Crippen molar-refractivity contribution in [1.82, 2.24) is 0 Å². The molecule has 0 aromatic carbocycles. The van der Waals surface area contributed by atoms with E-state index in [2.05, 4.69) is 16.7 Å². The summed E-state index contributed by atoms with van der Waals surface area (Å²) >= 11 is 0. The summed E-state index contributed by atoms with van der Waals surface area (Å²) in [6, 6.07) is 0. The summed E-state index contributed by atoms with van der Waals surface area (Å²) in [4.78, 5) is 21.8. The van der Waals surface area contributed by atoms with Gasteiger partial charge >= 0.3 is 38.5 Å². The van der Waals surface area contributed by atoms with Crippen LogP contribution in [0.3, 0.4) is 0 Å². The summed E-state index contributed by atoms with van der Waals surface area (Å²) < 4.78 is 57.1. The van der Waals surface area contributed by atoms with Crippen LogP contribution in [-0.4, -0.2) is 34.6 Å². The first kappa shape index (κ1) is 10.3. The summed E-state index contributed by atoms with van der Waals surface area (Å²) in [6.07, 6.45) is 0. The van der Waals surface area contributed by atoms with E-state index in [-0.39, 0.29) is 0 Å². The minimum Gasteiger partial charge on any atom is -0.318 e. The van der Waals surface area contributed by atoms with Crippen molar-refractivity contribution >= 4 is 32.7 Å². The van der Waals surface area contributed by atoms with Crippen molar-refractivity contribution in [3.8, 4) is 0 Å². The minimum absolute atomic E-state index is 1.84. The monoisotopic (exact) mass is 260 g/mol. The Bertz CT molecular complexity index is 497. The lowest BCUT2D eigenvalue weighted by Gasteiger charge is -2.03. The molecule has 1 spiro atoms. The van der Waals surface area contributed by atoms with Gasteiger partial charge < -0.3 is 8.37 Å². The molecule has 2 heterocycles. The average molecular weight is 260 g/mol. The van der Waals surface area contributed by atoms with E-state index in [4.69, 9.17) is 0 Å². The zero-order valence-electron chi connectivity index (χ0n) is 6.40. The van der Waals surface area contributed by atoms with Crippen molar-refractivity contribution in [1.29, 1.82) is 0 Å². The molecule has 0 aliphatic carbocycles. The maximum absolute atomic E-state index is 10.9. The fourth-order valence-electron chi connectivity index (χ4n) is 0.850. The fraction of sp³-hybridized carbons (Fsp3) is 0.333. The van der Waals surface area contributed by atoms with Gasteiger partial charge in [0.05, 0.1) is 0 Å². The molecule has 84 valence electrons. The van der Waals surface area contributed by atoms with Crippen molar-refractivity contribution in [3.05, 3.63) is 0 Å². The quantitative estimate of drug-likeness (QED) is 0.423. The molecule has 2 fully saturated rings. The van der Waals surface area contributed by atoms with Crippen LogP contribution in [0.4, 0.5) is 0 Å². The Morgan fingerprint density at radius 1 is 0.800 bits per heavy atom. The lowest BCUT2D eigenvalue weighted by atomic mass is 10.3. The number of rotatable bonds is 0. The third kappa shape index (κ3) is 1.38. The maximum Gasteiger partial charge on any atom is 0.455 e. The van der Waals surface area contributed by atoms with Crippen LogP contribution in [0.5, 0.6) is 0 Å². The second-order valence-electron chi connectivity index (χ2n) is 2.34. The molecule has 10 nitrogen and oxygen atoms in total. The molecule has 0 amide bonds. The molecule has 0 aromatic rings. The van der Waals surface area contributed by atoms with E-state index in [1.54, 1.807) is 0 Å². The topological polar surface area (TPSA) is 139 Å². The van der Waals surface area contributed by atoms with Gasteiger partial charge in [-0.2, -0.15) is 25.2 Å². The van der Waals surface area contributed by atoms with Gasteiger partial charge in [-0.3, -0.25) is 0 Å². The van der Waals surface area contributed by atoms with E-state index >= 15 is 0 Å². The Labute approximate surface area is 82.3 Å². The molecule has 0 bridgehead atoms. The molecule has 2 saturated heterocycles. The standard InChI is InChI=1S/C3O10S2/c4-1-3(12-14(6,7)10-1)2(5)11-15(8,9)13-3. The molecule has 0 atom stereocenters. The molecule has 2 rings (SSSR count). The number of carbonyl (C=O) groups is 2. The molecule has 0 N–H and O–H groups in total. The van der Waals surface area contributed by atoms with Gasteiger partial charge in [0.15, 0.2) is 0 Å². The van der Waals surface area contributed by atoms with E-state index in [1.807, 2.05) is 0 Å². The van der Waals surface area contributed by atoms with Crippen molar-refractivity contribution in [2.24, 2.45) is 0 Å². The third-order valence-corrected chi connectivity index (χ3v) is 2.92. The van der Waals surface area contributed by atoms with Gasteiger partial charge in [-0.1, -0.05) is 0 Å². The second-order valence-corrected chi connectivity index (χ2v) is 4.64. The van der Waals surface area contributed by atoms with Gasteiger partial charge in [0.2, 0.25) is 0 Å². The van der Waals surface area contributed by atoms with Crippen LogP contribution in [-0.2, 0) is 47.1 Å². The first-order valence-corrected chi connectivity index (χ1v) is 5.72. The molecule has 2 aliphatic heterocycles. The lowest BCUT2D eigenvalue weighted by Crippen LogP contribution is -2.42. The fourth-order valence-corrected chi connectivity index (χ4v) is 2.47. The molecule has 0 saturated carbocycles. The highest BCUT2D eigenvalue weighted by atomic mass is 32.3. The predicted molar refractivity (Wildman–Crippen MR) is 34.9 cm³/mol. The average Bonchev–Trinajstić information content (AvgIpc) is 2.31. The highest BCUT2D eigenvalue weighted by Crippen LogP contribution is 2.35. The van der Waals surface area contributed by atoms with Crippen LogP contribution >= 0.6 is 0 Å². The molecule has 2 aliphatic rings. The Morgan fingerprint density at radius 2 is 1.13 bits per heavy atom. The molecule has 15 heavy (non-hydrogen) atoms. The van der Waals surface area contributed by atoms with Crippen LogP contribution < -0.4 is 0 Å². The van der Waals surface area contributed by atoms with Gasteiger partial charge in [0, 0.05) is 0 Å². The van der Waals surface area contributed by atoms with Crippen molar-refractivity contribution < 1.29 is 43.2 Å². The van der Waals surface area contributed by atoms with Crippen molar-refractivity contribution in [2.75, 3.05) is 0 Å². The van der Waals surface area contributed by atoms with Crippen LogP contribution in [0.1, 0.15) is 0 Å². The van der Waals surface area contributed by atoms with E-state index in [9.17, 15) is 26.4 Å². The highest BCUT2D eigenvalue weighted by Gasteiger charge is 2.71. The maximum atomic E-state index is 10.9. The van der Waals surface area contributed by atoms with Crippen molar-refractivity contribution in [2.45, 2.75) is 5.79 Å². The zero-order chi connectivity index (χ0) is 11.5. The Balaban J connectivity index is 2.55.